The molecule has 0 aromatic heterocycles. The quantitative estimate of drug-likeness (QED) is 0.759. The summed E-state index contributed by atoms with van der Waals surface area (Å²) in [6, 6.07) is 5.51. The summed E-state index contributed by atoms with van der Waals surface area (Å²) in [5, 5.41) is 3.02. The fraction of sp³-hybridized carbons (Fsp3) is 0.500. The van der Waals surface area contributed by atoms with E-state index in [-0.39, 0.29) is 17.9 Å². The third-order valence-electron chi connectivity index (χ3n) is 4.37. The van der Waals surface area contributed by atoms with Gasteiger partial charge in [0.15, 0.2) is 0 Å². The normalized spacial score (nSPS) is 17.2. The van der Waals surface area contributed by atoms with Gasteiger partial charge in [0.1, 0.15) is 11.5 Å². The van der Waals surface area contributed by atoms with Gasteiger partial charge in [-0.3, -0.25) is 9.59 Å². The first-order chi connectivity index (χ1) is 12.5. The number of hydrogen-bond acceptors (Lipinski definition) is 4. The van der Waals surface area contributed by atoms with Crippen molar-refractivity contribution in [1.82, 2.24) is 10.2 Å². The van der Waals surface area contributed by atoms with Gasteiger partial charge < -0.3 is 19.7 Å². The van der Waals surface area contributed by atoms with Crippen LogP contribution in [0.25, 0.3) is 6.08 Å². The summed E-state index contributed by atoms with van der Waals surface area (Å²) >= 11 is 0. The summed E-state index contributed by atoms with van der Waals surface area (Å²) in [6.07, 6.45) is 6.48. The number of piperidine rings is 1. The first kappa shape index (κ1) is 19.8. The molecule has 1 aliphatic rings. The van der Waals surface area contributed by atoms with E-state index in [0.29, 0.717) is 31.0 Å². The zero-order chi connectivity index (χ0) is 18.9. The molecule has 1 heterocycles. The molecule has 1 fully saturated rings. The highest BCUT2D eigenvalue weighted by Gasteiger charge is 2.23. The molecule has 2 rings (SSSR count). The lowest BCUT2D eigenvalue weighted by Crippen LogP contribution is -2.49. The van der Waals surface area contributed by atoms with Crippen molar-refractivity contribution >= 4 is 17.9 Å². The third-order valence-corrected chi connectivity index (χ3v) is 4.37. The highest BCUT2D eigenvalue weighted by Crippen LogP contribution is 2.23. The summed E-state index contributed by atoms with van der Waals surface area (Å²) < 4.78 is 10.5. The second kappa shape index (κ2) is 9.85. The van der Waals surface area contributed by atoms with Crippen LogP contribution in [-0.2, 0) is 9.59 Å². The largest absolute Gasteiger partial charge is 0.497 e. The zero-order valence-electron chi connectivity index (χ0n) is 15.8. The van der Waals surface area contributed by atoms with E-state index in [9.17, 15) is 9.59 Å². The summed E-state index contributed by atoms with van der Waals surface area (Å²) in [6.45, 7) is 3.25. The van der Waals surface area contributed by atoms with Crippen molar-refractivity contribution in [2.75, 3.05) is 27.3 Å². The van der Waals surface area contributed by atoms with E-state index in [4.69, 9.17) is 9.47 Å². The van der Waals surface area contributed by atoms with Gasteiger partial charge in [0, 0.05) is 37.7 Å². The molecule has 26 heavy (non-hydrogen) atoms. The van der Waals surface area contributed by atoms with Crippen LogP contribution in [0.15, 0.2) is 24.3 Å². The van der Waals surface area contributed by atoms with Gasteiger partial charge in [-0.15, -0.1) is 0 Å². The van der Waals surface area contributed by atoms with Gasteiger partial charge >= 0.3 is 0 Å². The van der Waals surface area contributed by atoms with E-state index < -0.39 is 0 Å². The lowest BCUT2D eigenvalue weighted by Gasteiger charge is -2.32. The number of amides is 2. The molecule has 142 valence electrons. The Labute approximate surface area is 155 Å². The number of nitrogens with one attached hydrogen (secondary N) is 1. The Hall–Kier alpha value is -2.50. The maximum Gasteiger partial charge on any atom is 0.246 e. The van der Waals surface area contributed by atoms with Crippen LogP contribution in [-0.4, -0.2) is 50.1 Å². The molecule has 1 aliphatic heterocycles. The van der Waals surface area contributed by atoms with Gasteiger partial charge in [0.2, 0.25) is 11.8 Å². The van der Waals surface area contributed by atoms with Crippen LogP contribution in [0.4, 0.5) is 0 Å². The molecule has 1 saturated heterocycles. The third kappa shape index (κ3) is 5.79. The van der Waals surface area contributed by atoms with Crippen LogP contribution in [0.2, 0.25) is 0 Å². The number of hydrogen-bond donors (Lipinski definition) is 1. The highest BCUT2D eigenvalue weighted by atomic mass is 16.5. The molecular formula is C20H28N2O4. The standard InChI is InChI=1S/C20H28N2O4/c1-4-6-19(23)21-16-7-5-10-22(14-16)20(24)9-8-15-11-17(25-2)13-18(12-15)26-3/h8-9,11-13,16H,4-7,10,14H2,1-3H3,(H,21,23)/b9-8+. The molecule has 1 aromatic carbocycles. The summed E-state index contributed by atoms with van der Waals surface area (Å²) in [4.78, 5) is 26.1. The maximum absolute atomic E-state index is 12.5. The first-order valence-corrected chi connectivity index (χ1v) is 9.05. The smallest absolute Gasteiger partial charge is 0.246 e. The number of methoxy groups -OCH3 is 2. The van der Waals surface area contributed by atoms with Crippen LogP contribution < -0.4 is 14.8 Å². The van der Waals surface area contributed by atoms with E-state index >= 15 is 0 Å². The summed E-state index contributed by atoms with van der Waals surface area (Å²) in [5.41, 5.74) is 0.833. The van der Waals surface area contributed by atoms with Crippen LogP contribution >= 0.6 is 0 Å². The molecule has 1 unspecified atom stereocenters. The predicted octanol–water partition coefficient (Wildman–Crippen LogP) is 2.62. The molecular weight excluding hydrogens is 332 g/mol. The number of carbonyl (C=O) groups is 2. The molecule has 0 radical (unpaired) electrons. The van der Waals surface area contributed by atoms with Crippen LogP contribution in [0.3, 0.4) is 0 Å². The molecule has 0 saturated carbocycles. The number of ether oxygens (including phenoxy) is 2. The molecule has 1 atom stereocenters. The summed E-state index contributed by atoms with van der Waals surface area (Å²) in [5.74, 6) is 1.35. The lowest BCUT2D eigenvalue weighted by molar-refractivity contribution is -0.129. The Morgan fingerprint density at radius 2 is 1.92 bits per heavy atom. The number of rotatable bonds is 7. The van der Waals surface area contributed by atoms with Crippen molar-refractivity contribution < 1.29 is 19.1 Å². The van der Waals surface area contributed by atoms with E-state index in [1.807, 2.05) is 19.1 Å². The topological polar surface area (TPSA) is 67.9 Å². The number of benzene rings is 1. The molecule has 6 heteroatoms. The first-order valence-electron chi connectivity index (χ1n) is 9.05. The van der Waals surface area contributed by atoms with Crippen molar-refractivity contribution in [3.8, 4) is 11.5 Å². The Morgan fingerprint density at radius 1 is 1.23 bits per heavy atom. The summed E-state index contributed by atoms with van der Waals surface area (Å²) in [7, 11) is 3.18. The maximum atomic E-state index is 12.5. The van der Waals surface area contributed by atoms with E-state index in [1.54, 1.807) is 37.3 Å². The number of carbonyl (C=O) groups excluding carboxylic acids is 2. The Kier molecular flexibility index (Phi) is 7.51. The number of nitrogens with zero attached hydrogens (tertiary/aromatic N) is 1. The van der Waals surface area contributed by atoms with Gasteiger partial charge in [-0.05, 0) is 43.0 Å². The predicted molar refractivity (Wildman–Crippen MR) is 101 cm³/mol. The van der Waals surface area contributed by atoms with Gasteiger partial charge in [0.05, 0.1) is 14.2 Å². The van der Waals surface area contributed by atoms with Crippen LogP contribution in [0, 0.1) is 0 Å². The van der Waals surface area contributed by atoms with E-state index in [1.165, 1.54) is 0 Å². The van der Waals surface area contributed by atoms with Crippen LogP contribution in [0.1, 0.15) is 38.2 Å². The fourth-order valence-corrected chi connectivity index (χ4v) is 3.02. The second-order valence-corrected chi connectivity index (χ2v) is 6.42. The molecule has 6 nitrogen and oxygen atoms in total. The second-order valence-electron chi connectivity index (χ2n) is 6.42. The van der Waals surface area contributed by atoms with Crippen molar-refractivity contribution in [2.24, 2.45) is 0 Å². The number of likely N-dealkylation sites (tertiary alicyclic amines) is 1. The Balaban J connectivity index is 1.98. The fourth-order valence-electron chi connectivity index (χ4n) is 3.02. The average Bonchev–Trinajstić information content (AvgIpc) is 2.66. The Morgan fingerprint density at radius 3 is 2.54 bits per heavy atom. The molecule has 0 spiro atoms. The monoisotopic (exact) mass is 360 g/mol. The minimum absolute atomic E-state index is 0.0389. The van der Waals surface area contributed by atoms with Gasteiger partial charge in [-0.1, -0.05) is 6.92 Å². The Bertz CT molecular complexity index is 635. The lowest BCUT2D eigenvalue weighted by atomic mass is 10.0. The van der Waals surface area contributed by atoms with E-state index in [2.05, 4.69) is 5.32 Å². The average molecular weight is 360 g/mol. The van der Waals surface area contributed by atoms with Crippen molar-refractivity contribution in [3.05, 3.63) is 29.8 Å². The molecule has 0 aliphatic carbocycles. The van der Waals surface area contributed by atoms with Crippen molar-refractivity contribution in [2.45, 2.75) is 38.6 Å². The van der Waals surface area contributed by atoms with E-state index in [0.717, 1.165) is 24.8 Å². The molecule has 1 N–H and O–H groups in total. The SMILES string of the molecule is CCCC(=O)NC1CCCN(C(=O)/C=C/c2cc(OC)cc(OC)c2)C1. The highest BCUT2D eigenvalue weighted by molar-refractivity contribution is 5.92. The zero-order valence-corrected chi connectivity index (χ0v) is 15.8. The molecule has 0 bridgehead atoms. The van der Waals surface area contributed by atoms with Crippen molar-refractivity contribution in [3.63, 3.8) is 0 Å². The molecule has 1 aromatic rings. The van der Waals surface area contributed by atoms with Crippen molar-refractivity contribution in [1.29, 1.82) is 0 Å². The van der Waals surface area contributed by atoms with Gasteiger partial charge in [-0.2, -0.15) is 0 Å². The van der Waals surface area contributed by atoms with Crippen LogP contribution in [0.5, 0.6) is 11.5 Å². The molecule has 2 amide bonds. The minimum Gasteiger partial charge on any atom is -0.497 e. The minimum atomic E-state index is -0.0544. The van der Waals surface area contributed by atoms with Gasteiger partial charge in [-0.25, -0.2) is 0 Å². The van der Waals surface area contributed by atoms with Gasteiger partial charge in [0.25, 0.3) is 0 Å².